The van der Waals surface area contributed by atoms with E-state index >= 15 is 0 Å². The van der Waals surface area contributed by atoms with Gasteiger partial charge in [-0.3, -0.25) is 14.4 Å². The van der Waals surface area contributed by atoms with E-state index in [1.54, 1.807) is 11.0 Å². The number of aliphatic carboxylic acids is 1. The Kier molecular flexibility index (Phi) is 8.98. The average Bonchev–Trinajstić information content (AvgIpc) is 3.28. The molecule has 3 N–H and O–H groups in total. The predicted octanol–water partition coefficient (Wildman–Crippen LogP) is 3.44. The quantitative estimate of drug-likeness (QED) is 0.464. The molecule has 0 aliphatic carbocycles. The van der Waals surface area contributed by atoms with Gasteiger partial charge in [-0.1, -0.05) is 23.2 Å². The molecular weight excluding hydrogens is 515 g/mol. The number of carboxylic acids is 1. The summed E-state index contributed by atoms with van der Waals surface area (Å²) in [7, 11) is 2.99. The van der Waals surface area contributed by atoms with Gasteiger partial charge < -0.3 is 25.5 Å². The van der Waals surface area contributed by atoms with E-state index in [2.05, 4.69) is 10.6 Å². The third-order valence-corrected chi connectivity index (χ3v) is 7.55. The van der Waals surface area contributed by atoms with Gasteiger partial charge in [0.1, 0.15) is 6.04 Å². The molecule has 2 heterocycles. The van der Waals surface area contributed by atoms with Crippen LogP contribution in [0.5, 0.6) is 0 Å². The summed E-state index contributed by atoms with van der Waals surface area (Å²) < 4.78 is 0.899. The molecule has 0 saturated carbocycles. The third-order valence-electron chi connectivity index (χ3n) is 5.61. The number of nitrogens with one attached hydrogen (secondary N) is 2. The Morgan fingerprint density at radius 2 is 1.91 bits per heavy atom. The summed E-state index contributed by atoms with van der Waals surface area (Å²) in [6, 6.07) is 1.83. The summed E-state index contributed by atoms with van der Waals surface area (Å²) in [6.45, 7) is 0.833. The number of amides is 4. The smallest absolute Gasteiger partial charge is 0.317 e. The van der Waals surface area contributed by atoms with E-state index in [4.69, 9.17) is 28.3 Å². The summed E-state index contributed by atoms with van der Waals surface area (Å²) in [5.41, 5.74) is 0.655. The molecule has 188 valence electrons. The van der Waals surface area contributed by atoms with Crippen LogP contribution in [0.15, 0.2) is 23.6 Å². The number of halogens is 2. The number of carboxylic acid groups (broad SMARTS) is 1. The first-order valence-electron chi connectivity index (χ1n) is 10.9. The number of carbonyl (C=O) groups excluding carboxylic acids is 3. The third kappa shape index (κ3) is 6.87. The van der Waals surface area contributed by atoms with Crippen LogP contribution in [0.1, 0.15) is 24.8 Å². The zero-order chi connectivity index (χ0) is 25.7. The average molecular weight is 541 g/mol. The van der Waals surface area contributed by atoms with Gasteiger partial charge in [0.15, 0.2) is 0 Å². The predicted molar refractivity (Wildman–Crippen MR) is 137 cm³/mol. The Morgan fingerprint density at radius 3 is 2.54 bits per heavy atom. The maximum Gasteiger partial charge on any atom is 0.317 e. The van der Waals surface area contributed by atoms with Crippen LogP contribution in [0.2, 0.25) is 10.0 Å². The molecule has 0 radical (unpaired) electrons. The van der Waals surface area contributed by atoms with Crippen LogP contribution in [0.25, 0.3) is 16.2 Å². The Balaban J connectivity index is 1.55. The van der Waals surface area contributed by atoms with Gasteiger partial charge in [-0.25, -0.2) is 4.79 Å². The number of carbonyl (C=O) groups is 4. The monoisotopic (exact) mass is 540 g/mol. The number of thiophene rings is 1. The molecule has 1 fully saturated rings. The van der Waals surface area contributed by atoms with Crippen LogP contribution < -0.4 is 10.6 Å². The lowest BCUT2D eigenvalue weighted by molar-refractivity contribution is -0.140. The lowest BCUT2D eigenvalue weighted by Gasteiger charge is -2.32. The van der Waals surface area contributed by atoms with Crippen LogP contribution in [-0.2, 0) is 14.4 Å². The molecule has 1 aromatic heterocycles. The van der Waals surface area contributed by atoms with Gasteiger partial charge in [0, 0.05) is 39.3 Å². The maximum atomic E-state index is 12.7. The molecule has 9 nitrogen and oxygen atoms in total. The highest BCUT2D eigenvalue weighted by atomic mass is 35.5. The molecule has 12 heteroatoms. The van der Waals surface area contributed by atoms with Gasteiger partial charge in [-0.2, -0.15) is 0 Å². The molecule has 4 amide bonds. The minimum atomic E-state index is -1.20. The van der Waals surface area contributed by atoms with Crippen LogP contribution in [0.3, 0.4) is 0 Å². The second-order valence-corrected chi connectivity index (χ2v) is 10.0. The van der Waals surface area contributed by atoms with Crippen molar-refractivity contribution in [2.45, 2.75) is 31.3 Å². The fourth-order valence-electron chi connectivity index (χ4n) is 3.66. The molecular formula is C23H26Cl2N4O5S. The van der Waals surface area contributed by atoms with Gasteiger partial charge >= 0.3 is 12.0 Å². The highest BCUT2D eigenvalue weighted by molar-refractivity contribution is 7.18. The van der Waals surface area contributed by atoms with Crippen molar-refractivity contribution in [1.29, 1.82) is 0 Å². The topological polar surface area (TPSA) is 119 Å². The Bertz CT molecular complexity index is 1160. The molecule has 1 saturated heterocycles. The maximum absolute atomic E-state index is 12.7. The van der Waals surface area contributed by atoms with Gasteiger partial charge in [0.05, 0.1) is 21.2 Å². The van der Waals surface area contributed by atoms with E-state index in [1.807, 2.05) is 17.5 Å². The van der Waals surface area contributed by atoms with E-state index in [0.717, 1.165) is 10.1 Å². The summed E-state index contributed by atoms with van der Waals surface area (Å²) in [6.07, 6.45) is 3.57. The number of hydrogen-bond donors (Lipinski definition) is 3. The van der Waals surface area contributed by atoms with E-state index in [-0.39, 0.29) is 11.9 Å². The van der Waals surface area contributed by atoms with Crippen molar-refractivity contribution in [2.24, 2.45) is 0 Å². The summed E-state index contributed by atoms with van der Waals surface area (Å²) >= 11 is 14.2. The SMILES string of the molecule is CN(C)C(=O)N[C@@H](CC(=O)O)C(=O)NC1CCN(C(=O)/C=C/c2cc3ccsc3c(Cl)c2Cl)CC1. The van der Waals surface area contributed by atoms with Gasteiger partial charge in [-0.15, -0.1) is 11.3 Å². The van der Waals surface area contributed by atoms with Crippen LogP contribution in [0, 0.1) is 0 Å². The molecule has 0 unspecified atom stereocenters. The molecule has 1 aromatic carbocycles. The zero-order valence-corrected chi connectivity index (χ0v) is 21.5. The summed E-state index contributed by atoms with van der Waals surface area (Å²) in [4.78, 5) is 51.2. The number of rotatable bonds is 7. The number of likely N-dealkylation sites (tertiary alicyclic amines) is 1. The van der Waals surface area contributed by atoms with Crippen molar-refractivity contribution >= 4 is 74.5 Å². The van der Waals surface area contributed by atoms with Crippen LogP contribution in [-0.4, -0.2) is 78.0 Å². The minimum absolute atomic E-state index is 0.186. The van der Waals surface area contributed by atoms with E-state index in [0.29, 0.717) is 41.5 Å². The first-order valence-corrected chi connectivity index (χ1v) is 12.5. The van der Waals surface area contributed by atoms with Crippen molar-refractivity contribution in [3.63, 3.8) is 0 Å². The zero-order valence-electron chi connectivity index (χ0n) is 19.2. The number of fused-ring (bicyclic) bond motifs is 1. The second kappa shape index (κ2) is 11.7. The standard InChI is InChI=1S/C23H26Cl2N4O5S/c1-28(2)23(34)27-16(12-18(31)32)22(33)26-15-5-8-29(9-6-15)17(30)4-3-13-11-14-7-10-35-21(14)20(25)19(13)24/h3-4,7,10-11,15-16H,5-6,8-9,12H2,1-2H3,(H,26,33)(H,27,34)(H,31,32)/b4-3+/t16-/m0/s1. The summed E-state index contributed by atoms with van der Waals surface area (Å²) in [5, 5.41) is 18.0. The van der Waals surface area contributed by atoms with Crippen molar-refractivity contribution < 1.29 is 24.3 Å². The fourth-order valence-corrected chi connectivity index (χ4v) is 5.10. The van der Waals surface area contributed by atoms with Crippen molar-refractivity contribution in [2.75, 3.05) is 27.2 Å². The highest BCUT2D eigenvalue weighted by Crippen LogP contribution is 2.37. The number of benzene rings is 1. The van der Waals surface area contributed by atoms with Gasteiger partial charge in [0.2, 0.25) is 11.8 Å². The van der Waals surface area contributed by atoms with Crippen molar-refractivity contribution in [3.8, 4) is 0 Å². The van der Waals surface area contributed by atoms with E-state index in [9.17, 15) is 19.2 Å². The first-order chi connectivity index (χ1) is 16.6. The Hall–Kier alpha value is -2.82. The molecule has 1 aliphatic heterocycles. The van der Waals surface area contributed by atoms with Gasteiger partial charge in [0.25, 0.3) is 0 Å². The largest absolute Gasteiger partial charge is 0.481 e. The number of nitrogens with zero attached hydrogens (tertiary/aromatic N) is 2. The lowest BCUT2D eigenvalue weighted by atomic mass is 10.0. The normalized spacial score (nSPS) is 15.3. The van der Waals surface area contributed by atoms with Crippen molar-refractivity contribution in [3.05, 3.63) is 39.2 Å². The molecule has 3 rings (SSSR count). The Morgan fingerprint density at radius 1 is 1.23 bits per heavy atom. The van der Waals surface area contributed by atoms with Crippen molar-refractivity contribution in [1.82, 2.24) is 20.4 Å². The molecule has 1 aliphatic rings. The highest BCUT2D eigenvalue weighted by Gasteiger charge is 2.28. The van der Waals surface area contributed by atoms with Crippen LogP contribution in [0.4, 0.5) is 4.79 Å². The number of piperidine rings is 1. The molecule has 0 spiro atoms. The van der Waals surface area contributed by atoms with E-state index in [1.165, 1.54) is 36.4 Å². The lowest BCUT2D eigenvalue weighted by Crippen LogP contribution is -2.54. The van der Waals surface area contributed by atoms with Crippen LogP contribution >= 0.6 is 34.5 Å². The number of hydrogen-bond acceptors (Lipinski definition) is 5. The van der Waals surface area contributed by atoms with Gasteiger partial charge in [-0.05, 0) is 47.4 Å². The number of urea groups is 1. The Labute approximate surface area is 216 Å². The second-order valence-electron chi connectivity index (χ2n) is 8.37. The minimum Gasteiger partial charge on any atom is -0.481 e. The molecule has 0 bridgehead atoms. The summed E-state index contributed by atoms with van der Waals surface area (Å²) in [5.74, 6) is -1.95. The molecule has 35 heavy (non-hydrogen) atoms. The molecule has 1 atom stereocenters. The van der Waals surface area contributed by atoms with E-state index < -0.39 is 30.4 Å². The fraction of sp³-hybridized carbons (Fsp3) is 0.391. The first kappa shape index (κ1) is 26.8. The molecule has 2 aromatic rings.